The summed E-state index contributed by atoms with van der Waals surface area (Å²) in [6.45, 7) is 0. The van der Waals surface area contributed by atoms with Crippen LogP contribution in [0, 0.1) is 0 Å². The largest absolute Gasteiger partial charge is 0.375 e. The van der Waals surface area contributed by atoms with E-state index in [0.717, 1.165) is 18.5 Å². The first-order chi connectivity index (χ1) is 6.84. The van der Waals surface area contributed by atoms with E-state index >= 15 is 0 Å². The van der Waals surface area contributed by atoms with Crippen LogP contribution < -0.4 is 5.73 Å². The van der Waals surface area contributed by atoms with E-state index in [1.54, 1.807) is 11.3 Å². The number of nitrogen functional groups attached to an aromatic ring is 1. The number of thiazole rings is 1. The molecular weight excluding hydrogens is 194 g/mol. The number of pyridine rings is 1. The fourth-order valence-electron chi connectivity index (χ4n) is 1.83. The number of aromatic nitrogens is 2. The van der Waals surface area contributed by atoms with Crippen molar-refractivity contribution >= 4 is 16.5 Å². The molecule has 2 heterocycles. The van der Waals surface area contributed by atoms with Crippen molar-refractivity contribution in [1.29, 1.82) is 0 Å². The lowest BCUT2D eigenvalue weighted by molar-refractivity contribution is 0.874. The van der Waals surface area contributed by atoms with Crippen LogP contribution in [0.25, 0.3) is 10.4 Å². The molecule has 0 saturated carbocycles. The van der Waals surface area contributed by atoms with Crippen molar-refractivity contribution in [3.05, 3.63) is 29.7 Å². The highest BCUT2D eigenvalue weighted by atomic mass is 32.1. The van der Waals surface area contributed by atoms with Gasteiger partial charge in [-0.05, 0) is 18.9 Å². The molecule has 0 atom stereocenters. The highest BCUT2D eigenvalue weighted by molar-refractivity contribution is 7.18. The minimum Gasteiger partial charge on any atom is -0.375 e. The number of rotatable bonds is 0. The first kappa shape index (κ1) is 7.94. The minimum atomic E-state index is 0.659. The van der Waals surface area contributed by atoms with Crippen molar-refractivity contribution in [2.75, 3.05) is 5.73 Å². The highest BCUT2D eigenvalue weighted by Gasteiger charge is 2.20. The Morgan fingerprint density at radius 2 is 2.14 bits per heavy atom. The molecule has 0 fully saturated rings. The van der Waals surface area contributed by atoms with Crippen LogP contribution >= 0.6 is 11.3 Å². The molecule has 0 aromatic carbocycles. The number of hydrogen-bond acceptors (Lipinski definition) is 4. The SMILES string of the molecule is Nc1nc2c(s1)-c1cccnc1CC2. The van der Waals surface area contributed by atoms with E-state index < -0.39 is 0 Å². The van der Waals surface area contributed by atoms with Gasteiger partial charge in [0, 0.05) is 17.5 Å². The average Bonchev–Trinajstić information content (AvgIpc) is 2.59. The molecule has 0 bridgehead atoms. The predicted molar refractivity (Wildman–Crippen MR) is 57.2 cm³/mol. The van der Waals surface area contributed by atoms with Gasteiger partial charge in [0.05, 0.1) is 10.6 Å². The van der Waals surface area contributed by atoms with Gasteiger partial charge in [0.25, 0.3) is 0 Å². The summed E-state index contributed by atoms with van der Waals surface area (Å²) >= 11 is 1.56. The molecular formula is C10H9N3S. The molecule has 2 aromatic rings. The molecule has 3 rings (SSSR count). The number of nitrogens with zero attached hydrogens (tertiary/aromatic N) is 2. The summed E-state index contributed by atoms with van der Waals surface area (Å²) in [5.74, 6) is 0. The molecule has 14 heavy (non-hydrogen) atoms. The van der Waals surface area contributed by atoms with Gasteiger partial charge in [-0.2, -0.15) is 0 Å². The number of nitrogens with two attached hydrogens (primary N) is 1. The molecule has 0 amide bonds. The zero-order chi connectivity index (χ0) is 9.54. The maximum Gasteiger partial charge on any atom is 0.180 e. The minimum absolute atomic E-state index is 0.659. The normalized spacial score (nSPS) is 13.4. The lowest BCUT2D eigenvalue weighted by Gasteiger charge is -2.12. The van der Waals surface area contributed by atoms with Gasteiger partial charge in [-0.1, -0.05) is 17.4 Å². The molecule has 4 heteroatoms. The van der Waals surface area contributed by atoms with Crippen LogP contribution in [0.1, 0.15) is 11.4 Å². The third-order valence-electron chi connectivity index (χ3n) is 2.45. The van der Waals surface area contributed by atoms with Gasteiger partial charge >= 0.3 is 0 Å². The molecule has 2 N–H and O–H groups in total. The second kappa shape index (κ2) is 2.78. The van der Waals surface area contributed by atoms with Gasteiger partial charge in [0.2, 0.25) is 0 Å². The molecule has 0 spiro atoms. The van der Waals surface area contributed by atoms with E-state index in [4.69, 9.17) is 5.73 Å². The van der Waals surface area contributed by atoms with Crippen molar-refractivity contribution in [2.45, 2.75) is 12.8 Å². The van der Waals surface area contributed by atoms with Gasteiger partial charge in [-0.25, -0.2) is 4.98 Å². The molecule has 0 aliphatic heterocycles. The molecule has 2 aromatic heterocycles. The Kier molecular flexibility index (Phi) is 1.58. The average molecular weight is 203 g/mol. The Bertz CT molecular complexity index is 490. The van der Waals surface area contributed by atoms with E-state index in [-0.39, 0.29) is 0 Å². The van der Waals surface area contributed by atoms with Crippen LogP contribution in [0.2, 0.25) is 0 Å². The molecule has 1 aliphatic carbocycles. The van der Waals surface area contributed by atoms with Crippen LogP contribution in [0.5, 0.6) is 0 Å². The molecule has 3 nitrogen and oxygen atoms in total. The second-order valence-corrected chi connectivity index (χ2v) is 4.36. The number of hydrogen-bond donors (Lipinski definition) is 1. The third kappa shape index (κ3) is 1.04. The summed E-state index contributed by atoms with van der Waals surface area (Å²) in [6, 6.07) is 4.06. The van der Waals surface area contributed by atoms with Crippen LogP contribution in [-0.4, -0.2) is 9.97 Å². The monoisotopic (exact) mass is 203 g/mol. The fraction of sp³-hybridized carbons (Fsp3) is 0.200. The predicted octanol–water partition coefficient (Wildman–Crippen LogP) is 1.89. The third-order valence-corrected chi connectivity index (χ3v) is 3.41. The van der Waals surface area contributed by atoms with Crippen molar-refractivity contribution in [1.82, 2.24) is 9.97 Å². The first-order valence-electron chi connectivity index (χ1n) is 4.54. The number of aryl methyl sites for hydroxylation is 2. The Balaban J connectivity index is 2.28. The standard InChI is InChI=1S/C10H9N3S/c11-10-13-8-4-3-7-6(9(8)14-10)2-1-5-12-7/h1-2,5H,3-4H2,(H2,11,13). The van der Waals surface area contributed by atoms with E-state index in [2.05, 4.69) is 16.0 Å². The number of anilines is 1. The Labute approximate surface area is 85.6 Å². The van der Waals surface area contributed by atoms with Crippen LogP contribution in [0.3, 0.4) is 0 Å². The van der Waals surface area contributed by atoms with Crippen molar-refractivity contribution in [3.8, 4) is 10.4 Å². The molecule has 0 saturated heterocycles. The summed E-state index contributed by atoms with van der Waals surface area (Å²) in [5, 5.41) is 0.659. The van der Waals surface area contributed by atoms with Crippen LogP contribution in [0.15, 0.2) is 18.3 Å². The van der Waals surface area contributed by atoms with Gasteiger partial charge in [0.15, 0.2) is 5.13 Å². The van der Waals surface area contributed by atoms with Gasteiger partial charge < -0.3 is 5.73 Å². The fourth-order valence-corrected chi connectivity index (χ4v) is 2.76. The van der Waals surface area contributed by atoms with Crippen LogP contribution in [-0.2, 0) is 12.8 Å². The molecule has 0 radical (unpaired) electrons. The Morgan fingerprint density at radius 1 is 1.29 bits per heavy atom. The van der Waals surface area contributed by atoms with Gasteiger partial charge in [-0.3, -0.25) is 4.98 Å². The zero-order valence-corrected chi connectivity index (χ0v) is 8.34. The summed E-state index contributed by atoms with van der Waals surface area (Å²) in [6.07, 6.45) is 3.79. The molecule has 0 unspecified atom stereocenters. The van der Waals surface area contributed by atoms with Crippen molar-refractivity contribution < 1.29 is 0 Å². The van der Waals surface area contributed by atoms with E-state index in [1.807, 2.05) is 12.3 Å². The number of fused-ring (bicyclic) bond motifs is 3. The van der Waals surface area contributed by atoms with Gasteiger partial charge in [0.1, 0.15) is 0 Å². The molecule has 1 aliphatic rings. The van der Waals surface area contributed by atoms with E-state index in [0.29, 0.717) is 5.13 Å². The quantitative estimate of drug-likeness (QED) is 0.711. The lowest BCUT2D eigenvalue weighted by atomic mass is 9.99. The maximum atomic E-state index is 5.70. The summed E-state index contributed by atoms with van der Waals surface area (Å²) in [5.41, 5.74) is 9.22. The Hall–Kier alpha value is -1.42. The van der Waals surface area contributed by atoms with Crippen molar-refractivity contribution in [2.24, 2.45) is 0 Å². The maximum absolute atomic E-state index is 5.70. The van der Waals surface area contributed by atoms with E-state index in [1.165, 1.54) is 16.1 Å². The topological polar surface area (TPSA) is 51.8 Å². The Morgan fingerprint density at radius 3 is 3.07 bits per heavy atom. The second-order valence-electron chi connectivity index (χ2n) is 3.33. The summed E-state index contributed by atoms with van der Waals surface area (Å²) in [7, 11) is 0. The van der Waals surface area contributed by atoms with E-state index in [9.17, 15) is 0 Å². The van der Waals surface area contributed by atoms with Crippen LogP contribution in [0.4, 0.5) is 5.13 Å². The smallest absolute Gasteiger partial charge is 0.180 e. The summed E-state index contributed by atoms with van der Waals surface area (Å²) in [4.78, 5) is 9.89. The molecule has 70 valence electrons. The van der Waals surface area contributed by atoms with Gasteiger partial charge in [-0.15, -0.1) is 0 Å². The van der Waals surface area contributed by atoms with Crippen molar-refractivity contribution in [3.63, 3.8) is 0 Å². The highest BCUT2D eigenvalue weighted by Crippen LogP contribution is 2.37. The summed E-state index contributed by atoms with van der Waals surface area (Å²) < 4.78 is 0. The lowest BCUT2D eigenvalue weighted by Crippen LogP contribution is -2.04. The zero-order valence-electron chi connectivity index (χ0n) is 7.53. The first-order valence-corrected chi connectivity index (χ1v) is 5.35.